The Hall–Kier alpha value is -6.94. The third kappa shape index (κ3) is 13.0. The number of carbonyl (C=O) groups is 1. The smallest absolute Gasteiger partial charge is 0.227 e. The van der Waals surface area contributed by atoms with Crippen LogP contribution in [0.1, 0.15) is 126 Å². The zero-order chi connectivity index (χ0) is 60.3. The van der Waals surface area contributed by atoms with Gasteiger partial charge in [-0.05, 0) is 18.6 Å². The van der Waals surface area contributed by atoms with Crippen LogP contribution in [0.3, 0.4) is 0 Å². The lowest BCUT2D eigenvalue weighted by atomic mass is 9.12. The van der Waals surface area contributed by atoms with Crippen LogP contribution in [0.25, 0.3) is 10.9 Å². The van der Waals surface area contributed by atoms with Crippen LogP contribution in [-0.4, -0.2) is 11.9 Å². The maximum atomic E-state index is 15.4. The fraction of sp³-hybridized carbons (Fsp3) is 0.322. The molecule has 0 aliphatic heterocycles. The molecular formula is C59H50BF20NO. The highest BCUT2D eigenvalue weighted by Gasteiger charge is 2.52. The lowest BCUT2D eigenvalue weighted by Gasteiger charge is -2.44. The molecule has 0 aliphatic rings. The number of unbranched alkanes of at least 4 members (excludes halogenated alkanes) is 15. The third-order valence-corrected chi connectivity index (χ3v) is 14.4. The molecule has 0 saturated carbocycles. The Morgan fingerprint density at radius 3 is 0.939 bits per heavy atom. The summed E-state index contributed by atoms with van der Waals surface area (Å²) in [5.74, 6) is -71.2. The molecule has 0 bridgehead atoms. The molecule has 0 amide bonds. The number of Topliss-reactive ketones (excluding diaryl/α,β-unsaturated/α-hetero) is 1. The first-order valence-corrected chi connectivity index (χ1v) is 26.2. The molecule has 0 N–H and O–H groups in total. The Balaban J connectivity index is 0.000000269. The second-order valence-corrected chi connectivity index (χ2v) is 19.6. The number of hydrogen-bond donors (Lipinski definition) is 0. The summed E-state index contributed by atoms with van der Waals surface area (Å²) in [5, 5.41) is 1.19. The Labute approximate surface area is 457 Å². The zero-order valence-electron chi connectivity index (χ0n) is 43.6. The molecule has 7 aromatic rings. The van der Waals surface area contributed by atoms with Crippen LogP contribution in [0.5, 0.6) is 0 Å². The molecule has 23 heteroatoms. The first-order valence-electron chi connectivity index (χ1n) is 26.2. The van der Waals surface area contributed by atoms with E-state index in [0.717, 1.165) is 17.5 Å². The van der Waals surface area contributed by atoms with Crippen molar-refractivity contribution < 1.29 is 97.2 Å². The lowest BCUT2D eigenvalue weighted by Crippen LogP contribution is -2.81. The van der Waals surface area contributed by atoms with Gasteiger partial charge in [-0.2, -0.15) is 4.57 Å². The van der Waals surface area contributed by atoms with Crippen LogP contribution < -0.4 is 26.4 Å². The molecule has 440 valence electrons. The number of pyridine rings is 1. The fourth-order valence-electron chi connectivity index (χ4n) is 10.3. The van der Waals surface area contributed by atoms with Crippen molar-refractivity contribution in [3.63, 3.8) is 0 Å². The van der Waals surface area contributed by atoms with E-state index in [1.165, 1.54) is 114 Å². The van der Waals surface area contributed by atoms with Crippen molar-refractivity contribution in [3.8, 4) is 0 Å². The van der Waals surface area contributed by atoms with Crippen molar-refractivity contribution in [1.29, 1.82) is 0 Å². The van der Waals surface area contributed by atoms with Gasteiger partial charge in [0.05, 0.1) is 0 Å². The van der Waals surface area contributed by atoms with E-state index in [0.29, 0.717) is 6.54 Å². The third-order valence-electron chi connectivity index (χ3n) is 14.4. The molecule has 0 radical (unpaired) electrons. The molecule has 0 saturated heterocycles. The van der Waals surface area contributed by atoms with E-state index in [9.17, 15) is 57.5 Å². The second-order valence-electron chi connectivity index (χ2n) is 19.6. The minimum Gasteiger partial charge on any atom is -0.287 e. The van der Waals surface area contributed by atoms with E-state index in [1.54, 1.807) is 0 Å². The van der Waals surface area contributed by atoms with Gasteiger partial charge in [-0.1, -0.05) is 146 Å². The number of rotatable bonds is 24. The fourth-order valence-corrected chi connectivity index (χ4v) is 10.3. The average molecular weight is 1180 g/mol. The maximum Gasteiger partial charge on any atom is 0.227 e. The van der Waals surface area contributed by atoms with E-state index in [-0.39, 0.29) is 5.78 Å². The molecule has 0 aliphatic carbocycles. The summed E-state index contributed by atoms with van der Waals surface area (Å²) in [7, 11) is 0. The normalized spacial score (nSPS) is 11.7. The molecule has 2 nitrogen and oxygen atoms in total. The Bertz CT molecular complexity index is 3050. The quantitative estimate of drug-likeness (QED) is 0.0112. The van der Waals surface area contributed by atoms with Crippen molar-refractivity contribution in [2.75, 3.05) is 0 Å². The van der Waals surface area contributed by atoms with Crippen LogP contribution >= 0.6 is 0 Å². The molecule has 0 atom stereocenters. The van der Waals surface area contributed by atoms with Gasteiger partial charge in [-0.3, -0.25) is 4.79 Å². The van der Waals surface area contributed by atoms with Crippen molar-refractivity contribution in [3.05, 3.63) is 194 Å². The monoisotopic (exact) mass is 1180 g/mol. The number of para-hydroxylation sites is 1. The van der Waals surface area contributed by atoms with Crippen molar-refractivity contribution in [2.24, 2.45) is 0 Å². The van der Waals surface area contributed by atoms with Gasteiger partial charge in [0.25, 0.3) is 0 Å². The number of aryl methyl sites for hydroxylation is 1. The summed E-state index contributed by atoms with van der Waals surface area (Å²) in [6.07, 6.45) is 16.0. The minimum atomic E-state index is -7.22. The Morgan fingerprint density at radius 2 is 0.610 bits per heavy atom. The number of carbonyl (C=O) groups excluding carboxylic acids is 1. The van der Waals surface area contributed by atoms with E-state index in [4.69, 9.17) is 0 Å². The van der Waals surface area contributed by atoms with Crippen LogP contribution in [0.4, 0.5) is 87.8 Å². The maximum absolute atomic E-state index is 15.4. The molecule has 0 unspecified atom stereocenters. The predicted octanol–water partition coefficient (Wildman–Crippen LogP) is 15.7. The van der Waals surface area contributed by atoms with Gasteiger partial charge >= 0.3 is 0 Å². The standard InChI is InChI=1S/C35H50NO.C24BF20/c1-2-3-4-5-6-7-8-9-10-11-12-13-14-15-16-20-26-33-29-28-31-23-21-22-27-34(31)36(33)30-35(37)32-24-18-17-19-25-32;26-5-1(6(27)14(35)21(42)13(5)34)25(2-7(28)15(36)22(43)16(37)8(2)29,3-9(30)17(38)23(44)18(39)10(3)31)4-11(32)19(40)24(45)20(41)12(4)33/h17-19,21-25,27-29H,2-16,20,26,30H2,1H3;/q+1;-1. The molecular weight excluding hydrogens is 1130 g/mol. The van der Waals surface area contributed by atoms with Crippen molar-refractivity contribution in [1.82, 2.24) is 0 Å². The van der Waals surface area contributed by atoms with E-state index in [1.807, 2.05) is 30.3 Å². The molecule has 1 aromatic heterocycles. The average Bonchev–Trinajstić information content (AvgIpc) is 1.83. The van der Waals surface area contributed by atoms with Crippen molar-refractivity contribution >= 4 is 44.7 Å². The van der Waals surface area contributed by atoms with Gasteiger partial charge in [0.15, 0.2) is 75.5 Å². The minimum absolute atomic E-state index is 0.176. The molecule has 0 spiro atoms. The number of hydrogen-bond acceptors (Lipinski definition) is 1. The van der Waals surface area contributed by atoms with E-state index >= 15 is 35.1 Å². The number of fused-ring (bicyclic) bond motifs is 1. The largest absolute Gasteiger partial charge is 0.287 e. The second kappa shape index (κ2) is 28.4. The van der Waals surface area contributed by atoms with Crippen LogP contribution in [0.2, 0.25) is 0 Å². The first kappa shape index (κ1) is 64.2. The lowest BCUT2D eigenvalue weighted by molar-refractivity contribution is -0.664. The van der Waals surface area contributed by atoms with E-state index < -0.39 is 144 Å². The van der Waals surface area contributed by atoms with Crippen molar-refractivity contribution in [2.45, 2.75) is 123 Å². The van der Waals surface area contributed by atoms with Gasteiger partial charge in [0.1, 0.15) is 52.7 Å². The van der Waals surface area contributed by atoms with Gasteiger partial charge in [-0.15, -0.1) is 21.9 Å². The highest BCUT2D eigenvalue weighted by molar-refractivity contribution is 7.20. The zero-order valence-corrected chi connectivity index (χ0v) is 43.6. The SMILES string of the molecule is CCCCCCCCCCCCCCCCCCc1ccc2ccccc2[n+]1CC(=O)c1ccccc1.Fc1c(F)c(F)c([B-](c2c(F)c(F)c(F)c(F)c2F)(c2c(F)c(F)c(F)c(F)c2F)c2c(F)c(F)c(F)c(F)c2F)c(F)c1F. The van der Waals surface area contributed by atoms with Gasteiger partial charge in [0, 0.05) is 29.5 Å². The molecule has 1 heterocycles. The summed E-state index contributed by atoms with van der Waals surface area (Å²) in [4.78, 5) is 13.0. The van der Waals surface area contributed by atoms with Gasteiger partial charge in [0.2, 0.25) is 17.8 Å². The summed E-state index contributed by atoms with van der Waals surface area (Å²) in [6, 6.07) is 22.5. The number of halogens is 20. The van der Waals surface area contributed by atoms with Crippen LogP contribution in [0, 0.1) is 116 Å². The molecule has 0 fully saturated rings. The molecule has 7 rings (SSSR count). The summed E-state index contributed by atoms with van der Waals surface area (Å²) in [6.45, 7) is 2.69. The van der Waals surface area contributed by atoms with Gasteiger partial charge in [-0.25, -0.2) is 87.8 Å². The van der Waals surface area contributed by atoms with Crippen LogP contribution in [0.15, 0.2) is 66.7 Å². The summed E-state index contributed by atoms with van der Waals surface area (Å²) >= 11 is 0. The Morgan fingerprint density at radius 1 is 0.329 bits per heavy atom. The number of aromatic nitrogens is 1. The molecule has 6 aromatic carbocycles. The number of ketones is 1. The highest BCUT2D eigenvalue weighted by Crippen LogP contribution is 2.31. The summed E-state index contributed by atoms with van der Waals surface area (Å²) in [5.41, 5.74) is -11.1. The molecule has 82 heavy (non-hydrogen) atoms. The number of benzene rings is 6. The van der Waals surface area contributed by atoms with E-state index in [2.05, 4.69) is 47.9 Å². The van der Waals surface area contributed by atoms with Gasteiger partial charge < -0.3 is 0 Å². The Kier molecular flexibility index (Phi) is 22.2. The topological polar surface area (TPSA) is 20.9 Å². The van der Waals surface area contributed by atoms with Crippen LogP contribution in [-0.2, 0) is 13.0 Å². The predicted molar refractivity (Wildman–Crippen MR) is 267 cm³/mol. The highest BCUT2D eigenvalue weighted by atomic mass is 19.2. The first-order chi connectivity index (χ1) is 39.0. The number of nitrogens with zero attached hydrogens (tertiary/aromatic N) is 1. The summed E-state index contributed by atoms with van der Waals surface area (Å²) < 4.78 is 296.